The smallest absolute Gasteiger partial charge is 0.161 e. The number of para-hydroxylation sites is 1. The summed E-state index contributed by atoms with van der Waals surface area (Å²) in [6.07, 6.45) is 0.894. The summed E-state index contributed by atoms with van der Waals surface area (Å²) in [4.78, 5) is 0. The SMILES string of the molecule is C[N+]1(c2ccccc2)CCC(N)=N1. The molecule has 1 aromatic rings. The Kier molecular flexibility index (Phi) is 1.81. The minimum Gasteiger partial charge on any atom is -0.383 e. The first-order valence-corrected chi connectivity index (χ1v) is 4.46. The molecule has 1 aliphatic heterocycles. The molecular formula is C10H14N3+. The van der Waals surface area contributed by atoms with Crippen LogP contribution in [-0.4, -0.2) is 19.4 Å². The van der Waals surface area contributed by atoms with Crippen molar-refractivity contribution in [1.82, 2.24) is 4.59 Å². The predicted octanol–water partition coefficient (Wildman–Crippen LogP) is 1.30. The van der Waals surface area contributed by atoms with E-state index in [0.29, 0.717) is 4.59 Å². The van der Waals surface area contributed by atoms with Crippen LogP contribution in [0.15, 0.2) is 35.4 Å². The summed E-state index contributed by atoms with van der Waals surface area (Å²) in [5.74, 6) is 0.756. The summed E-state index contributed by atoms with van der Waals surface area (Å²) in [6, 6.07) is 10.2. The molecule has 0 aromatic heterocycles. The van der Waals surface area contributed by atoms with Crippen molar-refractivity contribution in [2.24, 2.45) is 10.8 Å². The minimum absolute atomic E-state index is 0.590. The van der Waals surface area contributed by atoms with E-state index in [-0.39, 0.29) is 0 Å². The molecule has 1 aliphatic rings. The molecule has 3 heteroatoms. The molecule has 0 fully saturated rings. The van der Waals surface area contributed by atoms with Crippen LogP contribution >= 0.6 is 0 Å². The summed E-state index contributed by atoms with van der Waals surface area (Å²) < 4.78 is 0.590. The Morgan fingerprint density at radius 1 is 1.31 bits per heavy atom. The van der Waals surface area contributed by atoms with Gasteiger partial charge in [-0.05, 0) is 0 Å². The number of quaternary nitrogens is 1. The zero-order valence-corrected chi connectivity index (χ0v) is 7.77. The van der Waals surface area contributed by atoms with Crippen molar-refractivity contribution in [2.45, 2.75) is 6.42 Å². The number of rotatable bonds is 1. The van der Waals surface area contributed by atoms with Gasteiger partial charge in [-0.2, -0.15) is 4.59 Å². The average Bonchev–Trinajstić information content (AvgIpc) is 2.49. The van der Waals surface area contributed by atoms with Crippen molar-refractivity contribution < 1.29 is 0 Å². The number of nitrogens with zero attached hydrogens (tertiary/aromatic N) is 2. The van der Waals surface area contributed by atoms with Crippen LogP contribution in [0, 0.1) is 0 Å². The van der Waals surface area contributed by atoms with Crippen LogP contribution in [0.5, 0.6) is 0 Å². The minimum atomic E-state index is 0.590. The lowest BCUT2D eigenvalue weighted by atomic mass is 10.3. The molecule has 1 atom stereocenters. The van der Waals surface area contributed by atoms with Crippen molar-refractivity contribution in [3.8, 4) is 0 Å². The third kappa shape index (κ3) is 1.42. The maximum absolute atomic E-state index is 5.68. The van der Waals surface area contributed by atoms with Crippen molar-refractivity contribution in [3.63, 3.8) is 0 Å². The maximum atomic E-state index is 5.68. The number of hydrogen-bond acceptors (Lipinski definition) is 2. The van der Waals surface area contributed by atoms with Crippen LogP contribution in [0.25, 0.3) is 0 Å². The van der Waals surface area contributed by atoms with Crippen LogP contribution in [0.2, 0.25) is 0 Å². The van der Waals surface area contributed by atoms with Gasteiger partial charge in [0.2, 0.25) is 0 Å². The maximum Gasteiger partial charge on any atom is 0.161 e. The standard InChI is InChI=1S/C10H14N3/c1-13(8-7-10(11)12-13)9-5-3-2-4-6-9/h2-6H,7-8H2,1H3,(H2,11,12)/q+1. The highest BCUT2D eigenvalue weighted by Gasteiger charge is 2.30. The van der Waals surface area contributed by atoms with E-state index in [4.69, 9.17) is 5.73 Å². The van der Waals surface area contributed by atoms with Gasteiger partial charge >= 0.3 is 0 Å². The molecule has 0 bridgehead atoms. The highest BCUT2D eigenvalue weighted by atomic mass is 15.6. The first kappa shape index (κ1) is 8.26. The molecule has 0 amide bonds. The molecule has 1 heterocycles. The number of nitrogens with two attached hydrogens (primary N) is 1. The molecule has 1 unspecified atom stereocenters. The summed E-state index contributed by atoms with van der Waals surface area (Å²) in [5.41, 5.74) is 6.88. The van der Waals surface area contributed by atoms with Crippen molar-refractivity contribution in [1.29, 1.82) is 0 Å². The number of amidine groups is 1. The molecule has 68 valence electrons. The molecule has 0 saturated heterocycles. The Labute approximate surface area is 78.1 Å². The van der Waals surface area contributed by atoms with Crippen molar-refractivity contribution >= 4 is 11.5 Å². The summed E-state index contributed by atoms with van der Waals surface area (Å²) in [7, 11) is 2.08. The average molecular weight is 176 g/mol. The molecule has 2 N–H and O–H groups in total. The van der Waals surface area contributed by atoms with E-state index in [0.717, 1.165) is 18.8 Å². The monoisotopic (exact) mass is 176 g/mol. The van der Waals surface area contributed by atoms with Gasteiger partial charge in [-0.1, -0.05) is 23.3 Å². The Morgan fingerprint density at radius 3 is 2.54 bits per heavy atom. The first-order chi connectivity index (χ1) is 6.21. The summed E-state index contributed by atoms with van der Waals surface area (Å²) in [6.45, 7) is 0.968. The Hall–Kier alpha value is -1.35. The van der Waals surface area contributed by atoms with Crippen molar-refractivity contribution in [2.75, 3.05) is 13.6 Å². The van der Waals surface area contributed by atoms with E-state index in [1.165, 1.54) is 5.69 Å². The van der Waals surface area contributed by atoms with Crippen LogP contribution < -0.4 is 10.3 Å². The summed E-state index contributed by atoms with van der Waals surface area (Å²) >= 11 is 0. The lowest BCUT2D eigenvalue weighted by molar-refractivity contribution is 0.383. The second-order valence-electron chi connectivity index (χ2n) is 3.54. The van der Waals surface area contributed by atoms with Gasteiger partial charge in [0.15, 0.2) is 11.5 Å². The number of hydrogen-bond donors (Lipinski definition) is 1. The highest BCUT2D eigenvalue weighted by Crippen LogP contribution is 2.24. The molecule has 0 radical (unpaired) electrons. The largest absolute Gasteiger partial charge is 0.383 e. The van der Waals surface area contributed by atoms with Gasteiger partial charge in [-0.15, -0.1) is 0 Å². The molecule has 0 spiro atoms. The van der Waals surface area contributed by atoms with Crippen LogP contribution in [0.4, 0.5) is 5.69 Å². The fourth-order valence-corrected chi connectivity index (χ4v) is 1.65. The van der Waals surface area contributed by atoms with Gasteiger partial charge in [0, 0.05) is 12.1 Å². The lowest BCUT2D eigenvalue weighted by Gasteiger charge is -2.21. The van der Waals surface area contributed by atoms with E-state index in [2.05, 4.69) is 24.3 Å². The van der Waals surface area contributed by atoms with Gasteiger partial charge < -0.3 is 5.73 Å². The van der Waals surface area contributed by atoms with Gasteiger partial charge in [-0.25, -0.2) is 0 Å². The van der Waals surface area contributed by atoms with Gasteiger partial charge in [-0.3, -0.25) is 0 Å². The van der Waals surface area contributed by atoms with E-state index in [1.54, 1.807) is 0 Å². The summed E-state index contributed by atoms with van der Waals surface area (Å²) in [5, 5.41) is 4.42. The third-order valence-corrected chi connectivity index (χ3v) is 2.46. The predicted molar refractivity (Wildman–Crippen MR) is 55.3 cm³/mol. The normalized spacial score (nSPS) is 27.3. The zero-order chi connectivity index (χ0) is 9.31. The second kappa shape index (κ2) is 2.85. The van der Waals surface area contributed by atoms with Crippen LogP contribution in [-0.2, 0) is 0 Å². The number of benzene rings is 1. The zero-order valence-electron chi connectivity index (χ0n) is 7.77. The first-order valence-electron chi connectivity index (χ1n) is 4.46. The molecule has 1 aromatic carbocycles. The topological polar surface area (TPSA) is 38.4 Å². The van der Waals surface area contributed by atoms with Gasteiger partial charge in [0.1, 0.15) is 6.54 Å². The fourth-order valence-electron chi connectivity index (χ4n) is 1.65. The van der Waals surface area contributed by atoms with E-state index < -0.39 is 0 Å². The fraction of sp³-hybridized carbons (Fsp3) is 0.300. The molecule has 2 rings (SSSR count). The van der Waals surface area contributed by atoms with Gasteiger partial charge in [0.25, 0.3) is 0 Å². The Balaban J connectivity index is 2.37. The van der Waals surface area contributed by atoms with E-state index >= 15 is 0 Å². The molecule has 13 heavy (non-hydrogen) atoms. The Bertz CT molecular complexity index is 331. The Morgan fingerprint density at radius 2 is 2.00 bits per heavy atom. The van der Waals surface area contributed by atoms with E-state index in [1.807, 2.05) is 18.2 Å². The van der Waals surface area contributed by atoms with Crippen LogP contribution in [0.3, 0.4) is 0 Å². The molecule has 0 aliphatic carbocycles. The molecular weight excluding hydrogens is 162 g/mol. The van der Waals surface area contributed by atoms with Crippen LogP contribution in [0.1, 0.15) is 6.42 Å². The quantitative estimate of drug-likeness (QED) is 0.643. The lowest BCUT2D eigenvalue weighted by Crippen LogP contribution is -2.36. The second-order valence-corrected chi connectivity index (χ2v) is 3.54. The highest BCUT2D eigenvalue weighted by molar-refractivity contribution is 5.83. The van der Waals surface area contributed by atoms with Crippen molar-refractivity contribution in [3.05, 3.63) is 30.3 Å². The molecule has 0 saturated carbocycles. The van der Waals surface area contributed by atoms with Gasteiger partial charge in [0.05, 0.1) is 13.5 Å². The van der Waals surface area contributed by atoms with E-state index in [9.17, 15) is 0 Å². The molecule has 3 nitrogen and oxygen atoms in total. The third-order valence-electron chi connectivity index (χ3n) is 2.46.